The largest absolute Gasteiger partial charge is 0.495 e. The molecule has 5 nitrogen and oxygen atoms in total. The molecule has 0 atom stereocenters. The maximum Gasteiger partial charge on any atom is 0.244 e. The van der Waals surface area contributed by atoms with E-state index in [2.05, 4.69) is 4.72 Å². The van der Waals surface area contributed by atoms with Gasteiger partial charge in [0, 0.05) is 5.54 Å². The van der Waals surface area contributed by atoms with Crippen molar-refractivity contribution in [1.82, 2.24) is 4.72 Å². The lowest BCUT2D eigenvalue weighted by Gasteiger charge is -2.24. The molecule has 108 valence electrons. The fourth-order valence-corrected chi connectivity index (χ4v) is 3.16. The summed E-state index contributed by atoms with van der Waals surface area (Å²) in [7, 11) is -2.25. The average molecular weight is 287 g/mol. The van der Waals surface area contributed by atoms with Crippen molar-refractivity contribution in [3.8, 4) is 5.75 Å². The summed E-state index contributed by atoms with van der Waals surface area (Å²) in [6.45, 7) is 5.39. The van der Waals surface area contributed by atoms with Gasteiger partial charge in [-0.05, 0) is 38.0 Å². The first-order chi connectivity index (χ1) is 8.75. The van der Waals surface area contributed by atoms with Crippen LogP contribution >= 0.6 is 0 Å². The molecule has 0 heterocycles. The van der Waals surface area contributed by atoms with Crippen LogP contribution < -0.4 is 9.46 Å². The molecule has 0 aromatic heterocycles. The van der Waals surface area contributed by atoms with E-state index in [1.54, 1.807) is 6.07 Å². The Hall–Kier alpha value is -1.11. The number of methoxy groups -OCH3 is 1. The van der Waals surface area contributed by atoms with Crippen LogP contribution in [0.4, 0.5) is 0 Å². The molecule has 1 aromatic rings. The maximum atomic E-state index is 12.3. The number of hydrogen-bond acceptors (Lipinski definition) is 4. The minimum absolute atomic E-state index is 0.0775. The molecule has 0 aliphatic rings. The van der Waals surface area contributed by atoms with Crippen LogP contribution in [-0.4, -0.2) is 26.2 Å². The Bertz CT molecular complexity index is 538. The van der Waals surface area contributed by atoms with Gasteiger partial charge in [-0.1, -0.05) is 13.0 Å². The Morgan fingerprint density at radius 1 is 1.37 bits per heavy atom. The van der Waals surface area contributed by atoms with Crippen LogP contribution in [0.25, 0.3) is 0 Å². The molecule has 0 aliphatic carbocycles. The molecular weight excluding hydrogens is 266 g/mol. The Morgan fingerprint density at radius 3 is 2.47 bits per heavy atom. The summed E-state index contributed by atoms with van der Waals surface area (Å²) in [4.78, 5) is 0.0775. The zero-order chi connectivity index (χ0) is 14.7. The smallest absolute Gasteiger partial charge is 0.244 e. The Kier molecular flexibility index (Phi) is 4.95. The molecule has 1 rings (SSSR count). The Labute approximate surface area is 114 Å². The number of hydrogen-bond donors (Lipinski definition) is 2. The predicted molar refractivity (Wildman–Crippen MR) is 73.6 cm³/mol. The van der Waals surface area contributed by atoms with Gasteiger partial charge in [0.1, 0.15) is 10.6 Å². The van der Waals surface area contributed by atoms with E-state index in [9.17, 15) is 8.42 Å². The topological polar surface area (TPSA) is 75.6 Å². The zero-order valence-corrected chi connectivity index (χ0v) is 12.5. The van der Waals surface area contributed by atoms with Crippen molar-refractivity contribution < 1.29 is 18.3 Å². The van der Waals surface area contributed by atoms with Crippen LogP contribution in [0.15, 0.2) is 23.1 Å². The van der Waals surface area contributed by atoms with Crippen molar-refractivity contribution in [1.29, 1.82) is 0 Å². The van der Waals surface area contributed by atoms with Gasteiger partial charge in [0.2, 0.25) is 10.0 Å². The lowest BCUT2D eigenvalue weighted by Crippen LogP contribution is -2.42. The fourth-order valence-electron chi connectivity index (χ4n) is 1.52. The molecule has 0 fully saturated rings. The second kappa shape index (κ2) is 5.90. The standard InChI is InChI=1S/C13H21NO4S/c1-5-13(2,3)14-19(16,17)12-7-6-10(9-15)8-11(12)18-4/h6-8,14-15H,5,9H2,1-4H3. The normalized spacial score (nSPS) is 12.5. The SMILES string of the molecule is CCC(C)(C)NS(=O)(=O)c1ccc(CO)cc1OC. The van der Waals surface area contributed by atoms with Gasteiger partial charge in [-0.2, -0.15) is 0 Å². The molecule has 0 aliphatic heterocycles. The third-order valence-corrected chi connectivity index (χ3v) is 4.73. The van der Waals surface area contributed by atoms with Gasteiger partial charge < -0.3 is 9.84 Å². The van der Waals surface area contributed by atoms with E-state index in [1.807, 2.05) is 20.8 Å². The summed E-state index contributed by atoms with van der Waals surface area (Å²) in [5.74, 6) is 0.228. The first-order valence-electron chi connectivity index (χ1n) is 6.07. The Morgan fingerprint density at radius 2 is 2.00 bits per heavy atom. The second-order valence-electron chi connectivity index (χ2n) is 4.99. The van der Waals surface area contributed by atoms with E-state index in [4.69, 9.17) is 9.84 Å². The number of aliphatic hydroxyl groups excluding tert-OH is 1. The summed E-state index contributed by atoms with van der Waals surface area (Å²) in [6, 6.07) is 4.53. The molecule has 0 amide bonds. The van der Waals surface area contributed by atoms with E-state index in [0.29, 0.717) is 12.0 Å². The van der Waals surface area contributed by atoms with Crippen LogP contribution in [0.2, 0.25) is 0 Å². The van der Waals surface area contributed by atoms with Crippen LogP contribution in [0.5, 0.6) is 5.75 Å². The molecule has 6 heteroatoms. The summed E-state index contributed by atoms with van der Waals surface area (Å²) in [6.07, 6.45) is 0.670. The van der Waals surface area contributed by atoms with Crippen molar-refractivity contribution in [3.05, 3.63) is 23.8 Å². The molecule has 0 saturated heterocycles. The van der Waals surface area contributed by atoms with Gasteiger partial charge in [-0.3, -0.25) is 0 Å². The molecule has 0 bridgehead atoms. The molecule has 0 saturated carbocycles. The molecular formula is C13H21NO4S. The van der Waals surface area contributed by atoms with Gasteiger partial charge in [0.15, 0.2) is 0 Å². The monoisotopic (exact) mass is 287 g/mol. The van der Waals surface area contributed by atoms with Crippen molar-refractivity contribution in [2.75, 3.05) is 7.11 Å². The van der Waals surface area contributed by atoms with Gasteiger partial charge in [-0.25, -0.2) is 13.1 Å². The maximum absolute atomic E-state index is 12.3. The zero-order valence-electron chi connectivity index (χ0n) is 11.7. The molecule has 0 radical (unpaired) electrons. The van der Waals surface area contributed by atoms with Crippen molar-refractivity contribution in [2.45, 2.75) is 44.2 Å². The number of nitrogens with one attached hydrogen (secondary N) is 1. The molecule has 1 aromatic carbocycles. The van der Waals surface area contributed by atoms with Crippen molar-refractivity contribution >= 4 is 10.0 Å². The summed E-state index contributed by atoms with van der Waals surface area (Å²) in [5, 5.41) is 9.06. The quantitative estimate of drug-likeness (QED) is 0.834. The molecule has 19 heavy (non-hydrogen) atoms. The Balaban J connectivity index is 3.21. The third kappa shape index (κ3) is 3.92. The van der Waals surface area contributed by atoms with Gasteiger partial charge >= 0.3 is 0 Å². The van der Waals surface area contributed by atoms with Crippen LogP contribution in [0, 0.1) is 0 Å². The number of rotatable bonds is 6. The van der Waals surface area contributed by atoms with Crippen molar-refractivity contribution in [2.24, 2.45) is 0 Å². The average Bonchev–Trinajstić information content (AvgIpc) is 2.36. The minimum atomic E-state index is -3.65. The van der Waals surface area contributed by atoms with E-state index < -0.39 is 15.6 Å². The van der Waals surface area contributed by atoms with Gasteiger partial charge in [-0.15, -0.1) is 0 Å². The van der Waals surface area contributed by atoms with E-state index >= 15 is 0 Å². The van der Waals surface area contributed by atoms with E-state index in [0.717, 1.165) is 0 Å². The van der Waals surface area contributed by atoms with Gasteiger partial charge in [0.25, 0.3) is 0 Å². The molecule has 2 N–H and O–H groups in total. The molecule has 0 unspecified atom stereocenters. The van der Waals surface area contributed by atoms with Crippen LogP contribution in [0.1, 0.15) is 32.8 Å². The summed E-state index contributed by atoms with van der Waals surface area (Å²) < 4.78 is 32.4. The van der Waals surface area contributed by atoms with E-state index in [1.165, 1.54) is 19.2 Å². The highest BCUT2D eigenvalue weighted by molar-refractivity contribution is 7.89. The number of aliphatic hydroxyl groups is 1. The summed E-state index contributed by atoms with van der Waals surface area (Å²) in [5.41, 5.74) is 0.0741. The minimum Gasteiger partial charge on any atom is -0.495 e. The second-order valence-corrected chi connectivity index (χ2v) is 6.64. The summed E-state index contributed by atoms with van der Waals surface area (Å²) >= 11 is 0. The number of benzene rings is 1. The lowest BCUT2D eigenvalue weighted by molar-refractivity contribution is 0.280. The molecule has 0 spiro atoms. The van der Waals surface area contributed by atoms with Crippen molar-refractivity contribution in [3.63, 3.8) is 0 Å². The predicted octanol–water partition coefficient (Wildman–Crippen LogP) is 1.65. The highest BCUT2D eigenvalue weighted by Gasteiger charge is 2.27. The lowest BCUT2D eigenvalue weighted by atomic mass is 10.0. The first-order valence-corrected chi connectivity index (χ1v) is 7.56. The fraction of sp³-hybridized carbons (Fsp3) is 0.538. The van der Waals surface area contributed by atoms with Gasteiger partial charge in [0.05, 0.1) is 13.7 Å². The third-order valence-electron chi connectivity index (χ3n) is 2.99. The van der Waals surface area contributed by atoms with Crippen LogP contribution in [-0.2, 0) is 16.6 Å². The highest BCUT2D eigenvalue weighted by Crippen LogP contribution is 2.26. The number of sulfonamides is 1. The number of ether oxygens (including phenoxy) is 1. The first kappa shape index (κ1) is 15.9. The van der Waals surface area contributed by atoms with E-state index in [-0.39, 0.29) is 17.3 Å². The highest BCUT2D eigenvalue weighted by atomic mass is 32.2. The van der Waals surface area contributed by atoms with Crippen LogP contribution in [0.3, 0.4) is 0 Å².